The summed E-state index contributed by atoms with van der Waals surface area (Å²) in [5.74, 6) is 0. The molecule has 4 nitrogen and oxygen atoms in total. The van der Waals surface area contributed by atoms with Crippen molar-refractivity contribution in [3.05, 3.63) is 18.5 Å². The molecule has 1 atom stereocenters. The lowest BCUT2D eigenvalue weighted by Gasteiger charge is -2.33. The third-order valence-corrected chi connectivity index (χ3v) is 3.73. The second kappa shape index (κ2) is 5.85. The van der Waals surface area contributed by atoms with E-state index < -0.39 is 0 Å². The van der Waals surface area contributed by atoms with E-state index in [1.165, 1.54) is 13.0 Å². The number of rotatable bonds is 3. The van der Waals surface area contributed by atoms with Gasteiger partial charge >= 0.3 is 0 Å². The van der Waals surface area contributed by atoms with Crippen molar-refractivity contribution in [2.45, 2.75) is 39.8 Å². The molecule has 0 bridgehead atoms. The first kappa shape index (κ1) is 13.6. The summed E-state index contributed by atoms with van der Waals surface area (Å²) < 4.78 is 2.02. The molecule has 1 unspecified atom stereocenters. The molecule has 2 heterocycles. The summed E-state index contributed by atoms with van der Waals surface area (Å²) in [6, 6.07) is 2.57. The lowest BCUT2D eigenvalue weighted by Crippen LogP contribution is -2.46. The average molecular weight is 250 g/mol. The Kier molecular flexibility index (Phi) is 4.40. The third kappa shape index (κ3) is 3.82. The van der Waals surface area contributed by atoms with Crippen LogP contribution < -0.4 is 5.32 Å². The zero-order valence-electron chi connectivity index (χ0n) is 11.9. The molecule has 1 aromatic rings. The van der Waals surface area contributed by atoms with E-state index in [9.17, 15) is 0 Å². The molecule has 1 aromatic heterocycles. The Morgan fingerprint density at radius 1 is 1.33 bits per heavy atom. The number of nitrogens with one attached hydrogen (secondary N) is 1. The van der Waals surface area contributed by atoms with Crippen LogP contribution in [0.15, 0.2) is 18.5 Å². The second-order valence-electron chi connectivity index (χ2n) is 6.30. The minimum absolute atomic E-state index is 0.328. The molecule has 0 aliphatic carbocycles. The smallest absolute Gasteiger partial charge is 0.0536 e. The first-order valence-electron chi connectivity index (χ1n) is 6.99. The van der Waals surface area contributed by atoms with E-state index in [0.29, 0.717) is 11.5 Å². The Morgan fingerprint density at radius 3 is 2.83 bits per heavy atom. The molecule has 1 fully saturated rings. The van der Waals surface area contributed by atoms with Gasteiger partial charge in [0.15, 0.2) is 0 Å². The number of nitrogens with zero attached hydrogens (tertiary/aromatic N) is 3. The van der Waals surface area contributed by atoms with Crippen LogP contribution in [-0.4, -0.2) is 46.9 Å². The van der Waals surface area contributed by atoms with Gasteiger partial charge in [0, 0.05) is 31.5 Å². The molecule has 4 heteroatoms. The van der Waals surface area contributed by atoms with Gasteiger partial charge in [-0.05, 0) is 31.0 Å². The SMILES string of the molecule is CC(C)(C)C1CN(CCn2cccn2)CCCN1. The summed E-state index contributed by atoms with van der Waals surface area (Å²) in [4.78, 5) is 2.57. The zero-order chi connectivity index (χ0) is 13.0. The summed E-state index contributed by atoms with van der Waals surface area (Å²) in [7, 11) is 0. The minimum Gasteiger partial charge on any atom is -0.312 e. The van der Waals surface area contributed by atoms with E-state index >= 15 is 0 Å². The second-order valence-corrected chi connectivity index (χ2v) is 6.30. The summed E-state index contributed by atoms with van der Waals surface area (Å²) in [6.07, 6.45) is 5.13. The molecule has 1 saturated heterocycles. The first-order chi connectivity index (χ1) is 8.55. The van der Waals surface area contributed by atoms with E-state index in [2.05, 4.69) is 36.1 Å². The van der Waals surface area contributed by atoms with E-state index in [1.807, 2.05) is 23.1 Å². The van der Waals surface area contributed by atoms with Crippen LogP contribution >= 0.6 is 0 Å². The number of hydrogen-bond acceptors (Lipinski definition) is 3. The van der Waals surface area contributed by atoms with Crippen LogP contribution in [-0.2, 0) is 6.54 Å². The molecule has 2 rings (SSSR count). The van der Waals surface area contributed by atoms with Crippen molar-refractivity contribution in [2.24, 2.45) is 5.41 Å². The summed E-state index contributed by atoms with van der Waals surface area (Å²) in [6.45, 7) is 12.5. The quantitative estimate of drug-likeness (QED) is 0.884. The fraction of sp³-hybridized carbons (Fsp3) is 0.786. The Labute approximate surface area is 110 Å². The Balaban J connectivity index is 1.87. The highest BCUT2D eigenvalue weighted by atomic mass is 15.3. The van der Waals surface area contributed by atoms with Crippen molar-refractivity contribution >= 4 is 0 Å². The van der Waals surface area contributed by atoms with Gasteiger partial charge in [-0.25, -0.2) is 0 Å². The molecule has 1 aliphatic rings. The summed E-state index contributed by atoms with van der Waals surface area (Å²) in [5.41, 5.74) is 0.328. The fourth-order valence-corrected chi connectivity index (χ4v) is 2.45. The number of aromatic nitrogens is 2. The van der Waals surface area contributed by atoms with Gasteiger partial charge in [-0.2, -0.15) is 5.10 Å². The van der Waals surface area contributed by atoms with Gasteiger partial charge in [-0.15, -0.1) is 0 Å². The van der Waals surface area contributed by atoms with E-state index in [4.69, 9.17) is 0 Å². The maximum absolute atomic E-state index is 4.27. The van der Waals surface area contributed by atoms with Crippen LogP contribution in [0.2, 0.25) is 0 Å². The molecule has 0 saturated carbocycles. The molecular weight excluding hydrogens is 224 g/mol. The lowest BCUT2D eigenvalue weighted by molar-refractivity contribution is 0.191. The zero-order valence-corrected chi connectivity index (χ0v) is 11.9. The van der Waals surface area contributed by atoms with E-state index in [-0.39, 0.29) is 0 Å². The van der Waals surface area contributed by atoms with Crippen molar-refractivity contribution in [3.8, 4) is 0 Å². The molecule has 1 aliphatic heterocycles. The standard InChI is InChI=1S/C14H26N4/c1-14(2,3)13-12-17(8-4-6-15-13)10-11-18-9-5-7-16-18/h5,7,9,13,15H,4,6,8,10-12H2,1-3H3. The molecule has 102 valence electrons. The predicted molar refractivity (Wildman–Crippen MR) is 74.5 cm³/mol. The Hall–Kier alpha value is -0.870. The van der Waals surface area contributed by atoms with Crippen LogP contribution in [0, 0.1) is 5.41 Å². The summed E-state index contributed by atoms with van der Waals surface area (Å²) in [5, 5.41) is 7.95. The molecule has 1 N–H and O–H groups in total. The minimum atomic E-state index is 0.328. The van der Waals surface area contributed by atoms with Crippen molar-refractivity contribution in [1.82, 2.24) is 20.0 Å². The molecule has 0 amide bonds. The fourth-order valence-electron chi connectivity index (χ4n) is 2.45. The van der Waals surface area contributed by atoms with Crippen LogP contribution in [0.25, 0.3) is 0 Å². The average Bonchev–Trinajstić information content (AvgIpc) is 2.69. The molecule has 18 heavy (non-hydrogen) atoms. The van der Waals surface area contributed by atoms with Gasteiger partial charge in [-0.3, -0.25) is 9.58 Å². The van der Waals surface area contributed by atoms with Crippen molar-refractivity contribution < 1.29 is 0 Å². The Bertz CT molecular complexity index is 339. The summed E-state index contributed by atoms with van der Waals surface area (Å²) >= 11 is 0. The maximum atomic E-state index is 4.27. The highest BCUT2D eigenvalue weighted by Crippen LogP contribution is 2.21. The lowest BCUT2D eigenvalue weighted by atomic mass is 9.86. The normalized spacial score (nSPS) is 22.9. The van der Waals surface area contributed by atoms with E-state index in [0.717, 1.165) is 26.2 Å². The third-order valence-electron chi connectivity index (χ3n) is 3.73. The van der Waals surface area contributed by atoms with Crippen LogP contribution in [0.4, 0.5) is 0 Å². The van der Waals surface area contributed by atoms with E-state index in [1.54, 1.807) is 0 Å². The van der Waals surface area contributed by atoms with Gasteiger partial charge in [0.05, 0.1) is 6.54 Å². The highest BCUT2D eigenvalue weighted by molar-refractivity contribution is 4.86. The highest BCUT2D eigenvalue weighted by Gasteiger charge is 2.27. The van der Waals surface area contributed by atoms with Gasteiger partial charge in [0.25, 0.3) is 0 Å². The topological polar surface area (TPSA) is 33.1 Å². The van der Waals surface area contributed by atoms with Gasteiger partial charge in [0.2, 0.25) is 0 Å². The van der Waals surface area contributed by atoms with Gasteiger partial charge < -0.3 is 5.32 Å². The predicted octanol–water partition coefficient (Wildman–Crippen LogP) is 1.59. The van der Waals surface area contributed by atoms with Gasteiger partial charge in [-0.1, -0.05) is 20.8 Å². The van der Waals surface area contributed by atoms with Crippen LogP contribution in [0.3, 0.4) is 0 Å². The molecular formula is C14H26N4. The van der Waals surface area contributed by atoms with Gasteiger partial charge in [0.1, 0.15) is 0 Å². The Morgan fingerprint density at radius 2 is 2.17 bits per heavy atom. The molecule has 0 aromatic carbocycles. The maximum Gasteiger partial charge on any atom is 0.0536 e. The van der Waals surface area contributed by atoms with Crippen LogP contribution in [0.5, 0.6) is 0 Å². The van der Waals surface area contributed by atoms with Crippen molar-refractivity contribution in [2.75, 3.05) is 26.2 Å². The molecule has 0 radical (unpaired) electrons. The van der Waals surface area contributed by atoms with Crippen molar-refractivity contribution in [3.63, 3.8) is 0 Å². The monoisotopic (exact) mass is 250 g/mol. The van der Waals surface area contributed by atoms with Crippen molar-refractivity contribution in [1.29, 1.82) is 0 Å². The molecule has 0 spiro atoms. The largest absolute Gasteiger partial charge is 0.312 e. The number of hydrogen-bond donors (Lipinski definition) is 1. The van der Waals surface area contributed by atoms with Crippen LogP contribution in [0.1, 0.15) is 27.2 Å². The first-order valence-corrected chi connectivity index (χ1v) is 6.99.